The van der Waals surface area contributed by atoms with Gasteiger partial charge in [0.15, 0.2) is 4.80 Å². The molecule has 3 heterocycles. The molecular weight excluding hydrogens is 508 g/mol. The third-order valence-electron chi connectivity index (χ3n) is 6.77. The average molecular weight is 543 g/mol. The van der Waals surface area contributed by atoms with Gasteiger partial charge < -0.3 is 14.0 Å². The van der Waals surface area contributed by atoms with Crippen LogP contribution < -0.4 is 4.80 Å². The second-order valence-electron chi connectivity index (χ2n) is 9.35. The Kier molecular flexibility index (Phi) is 8.53. The van der Waals surface area contributed by atoms with Crippen molar-refractivity contribution in [1.82, 2.24) is 13.8 Å². The molecule has 0 unspecified atom stereocenters. The van der Waals surface area contributed by atoms with E-state index in [0.29, 0.717) is 31.2 Å². The van der Waals surface area contributed by atoms with Crippen LogP contribution in [0.5, 0.6) is 0 Å². The van der Waals surface area contributed by atoms with Crippen LogP contribution in [0.1, 0.15) is 12.0 Å². The first-order valence-corrected chi connectivity index (χ1v) is 15.1. The fourth-order valence-corrected chi connectivity index (χ4v) is 6.97. The number of benzene rings is 2. The lowest BCUT2D eigenvalue weighted by Crippen LogP contribution is -2.40. The molecule has 2 aliphatic rings. The highest BCUT2D eigenvalue weighted by molar-refractivity contribution is 7.89. The summed E-state index contributed by atoms with van der Waals surface area (Å²) in [5.74, 6) is 0. The van der Waals surface area contributed by atoms with Crippen molar-refractivity contribution in [2.24, 2.45) is 4.99 Å². The summed E-state index contributed by atoms with van der Waals surface area (Å²) in [6, 6.07) is 15.5. The normalized spacial score (nSPS) is 18.4. The van der Waals surface area contributed by atoms with Crippen molar-refractivity contribution in [3.63, 3.8) is 0 Å². The van der Waals surface area contributed by atoms with E-state index in [9.17, 15) is 8.42 Å². The van der Waals surface area contributed by atoms with E-state index in [-0.39, 0.29) is 0 Å². The quantitative estimate of drug-likeness (QED) is 0.436. The number of sulfonamides is 1. The molecule has 3 aromatic rings. The molecule has 0 spiro atoms. The van der Waals surface area contributed by atoms with Gasteiger partial charge >= 0.3 is 0 Å². The molecule has 0 radical (unpaired) electrons. The van der Waals surface area contributed by atoms with Gasteiger partial charge in [0.1, 0.15) is 0 Å². The molecule has 2 saturated heterocycles. The Bertz CT molecular complexity index is 1340. The van der Waals surface area contributed by atoms with Crippen LogP contribution in [0, 0.1) is 6.92 Å². The molecule has 2 fully saturated rings. The molecule has 0 aliphatic carbocycles. The second kappa shape index (κ2) is 12.0. The van der Waals surface area contributed by atoms with E-state index in [2.05, 4.69) is 33.9 Å². The molecule has 0 N–H and O–H groups in total. The third-order valence-corrected chi connectivity index (χ3v) is 9.55. The zero-order chi connectivity index (χ0) is 25.7. The van der Waals surface area contributed by atoms with Gasteiger partial charge in [0.05, 0.1) is 42.7 Å². The minimum Gasteiger partial charge on any atom is -0.379 e. The maximum Gasteiger partial charge on any atom is 0.243 e. The minimum absolute atomic E-state index is 0.316. The zero-order valence-electron chi connectivity index (χ0n) is 21.2. The highest BCUT2D eigenvalue weighted by atomic mass is 32.2. The zero-order valence-corrected chi connectivity index (χ0v) is 22.8. The summed E-state index contributed by atoms with van der Waals surface area (Å²) in [6.07, 6.45) is 0.994. The fraction of sp³-hybridized carbons (Fsp3) is 0.444. The van der Waals surface area contributed by atoms with E-state index < -0.39 is 10.0 Å². The average Bonchev–Trinajstić information content (AvgIpc) is 3.33. The van der Waals surface area contributed by atoms with E-state index in [0.717, 1.165) is 67.6 Å². The number of ether oxygens (including phenoxy) is 2. The van der Waals surface area contributed by atoms with Crippen molar-refractivity contribution in [3.8, 4) is 11.3 Å². The van der Waals surface area contributed by atoms with Crippen LogP contribution in [-0.4, -0.2) is 81.3 Å². The van der Waals surface area contributed by atoms with Crippen molar-refractivity contribution in [3.05, 3.63) is 64.3 Å². The first kappa shape index (κ1) is 26.3. The van der Waals surface area contributed by atoms with Crippen molar-refractivity contribution in [2.45, 2.75) is 24.8 Å². The Morgan fingerprint density at radius 3 is 2.19 bits per heavy atom. The monoisotopic (exact) mass is 542 g/mol. The summed E-state index contributed by atoms with van der Waals surface area (Å²) < 4.78 is 40.7. The van der Waals surface area contributed by atoms with Gasteiger partial charge in [-0.15, -0.1) is 11.3 Å². The van der Waals surface area contributed by atoms with Crippen molar-refractivity contribution < 1.29 is 17.9 Å². The molecule has 0 atom stereocenters. The second-order valence-corrected chi connectivity index (χ2v) is 12.1. The van der Waals surface area contributed by atoms with Gasteiger partial charge in [-0.05, 0) is 43.2 Å². The summed E-state index contributed by atoms with van der Waals surface area (Å²) in [7, 11) is -3.52. The molecule has 10 heteroatoms. The van der Waals surface area contributed by atoms with E-state index >= 15 is 0 Å². The van der Waals surface area contributed by atoms with Gasteiger partial charge in [-0.3, -0.25) is 4.90 Å². The summed E-state index contributed by atoms with van der Waals surface area (Å²) >= 11 is 1.61. The number of thiazole rings is 1. The van der Waals surface area contributed by atoms with Crippen LogP contribution >= 0.6 is 11.3 Å². The van der Waals surface area contributed by atoms with Crippen molar-refractivity contribution in [2.75, 3.05) is 59.2 Å². The Morgan fingerprint density at radius 1 is 0.865 bits per heavy atom. The Morgan fingerprint density at radius 2 is 1.51 bits per heavy atom. The number of hydrogen-bond acceptors (Lipinski definition) is 7. The number of morpholine rings is 2. The lowest BCUT2D eigenvalue weighted by atomic mass is 10.1. The van der Waals surface area contributed by atoms with E-state index in [1.54, 1.807) is 23.5 Å². The first-order valence-electron chi connectivity index (χ1n) is 12.8. The maximum absolute atomic E-state index is 13.1. The number of hydrogen-bond donors (Lipinski definition) is 0. The summed E-state index contributed by atoms with van der Waals surface area (Å²) in [6.45, 7) is 9.09. The van der Waals surface area contributed by atoms with Crippen molar-refractivity contribution >= 4 is 27.0 Å². The number of aromatic nitrogens is 1. The van der Waals surface area contributed by atoms with Crippen LogP contribution in [0.3, 0.4) is 0 Å². The third kappa shape index (κ3) is 6.39. The van der Waals surface area contributed by atoms with Gasteiger partial charge in [-0.25, -0.2) is 13.4 Å². The first-order chi connectivity index (χ1) is 18.0. The Hall–Kier alpha value is -2.34. The largest absolute Gasteiger partial charge is 0.379 e. The Labute approximate surface area is 222 Å². The topological polar surface area (TPSA) is 76.4 Å². The SMILES string of the molecule is Cc1ccc(N=c2scc(-c3ccc(S(=O)(=O)N4CCOCC4)cc3)n2CCCN2CCOCC2)cc1. The molecule has 0 bridgehead atoms. The van der Waals surface area contributed by atoms with E-state index in [1.807, 2.05) is 24.3 Å². The van der Waals surface area contributed by atoms with Gasteiger partial charge in [-0.2, -0.15) is 4.31 Å². The molecule has 37 heavy (non-hydrogen) atoms. The Balaban J connectivity index is 1.41. The molecule has 1 aromatic heterocycles. The molecule has 0 amide bonds. The van der Waals surface area contributed by atoms with Crippen LogP contribution in [0.2, 0.25) is 0 Å². The molecule has 2 aromatic carbocycles. The van der Waals surface area contributed by atoms with Crippen LogP contribution in [0.4, 0.5) is 5.69 Å². The highest BCUT2D eigenvalue weighted by Crippen LogP contribution is 2.25. The number of aryl methyl sites for hydroxylation is 1. The van der Waals surface area contributed by atoms with Gasteiger partial charge in [0.25, 0.3) is 0 Å². The molecule has 5 rings (SSSR count). The standard InChI is InChI=1S/C27H34N4O4S2/c1-22-3-7-24(8-4-22)28-27-31(12-2-11-29-13-17-34-18-14-29)26(21-36-27)23-5-9-25(10-6-23)37(32,33)30-15-19-35-20-16-30/h3-10,21H,2,11-20H2,1H3. The van der Waals surface area contributed by atoms with Crippen molar-refractivity contribution in [1.29, 1.82) is 0 Å². The van der Waals surface area contributed by atoms with Crippen LogP contribution in [0.25, 0.3) is 11.3 Å². The number of rotatable bonds is 8. The highest BCUT2D eigenvalue weighted by Gasteiger charge is 2.26. The van der Waals surface area contributed by atoms with Crippen LogP contribution in [-0.2, 0) is 26.0 Å². The molecular formula is C27H34N4O4S2. The maximum atomic E-state index is 13.1. The number of nitrogens with zero attached hydrogens (tertiary/aromatic N) is 4. The van der Waals surface area contributed by atoms with Gasteiger partial charge in [0, 0.05) is 44.6 Å². The lowest BCUT2D eigenvalue weighted by Gasteiger charge is -2.26. The molecule has 198 valence electrons. The van der Waals surface area contributed by atoms with E-state index in [4.69, 9.17) is 14.5 Å². The predicted molar refractivity (Wildman–Crippen MR) is 146 cm³/mol. The lowest BCUT2D eigenvalue weighted by molar-refractivity contribution is 0.0369. The fourth-order valence-electron chi connectivity index (χ4n) is 4.61. The summed E-state index contributed by atoms with van der Waals surface area (Å²) in [5, 5.41) is 2.12. The van der Waals surface area contributed by atoms with E-state index in [1.165, 1.54) is 9.87 Å². The molecule has 8 nitrogen and oxygen atoms in total. The van der Waals surface area contributed by atoms with Gasteiger partial charge in [-0.1, -0.05) is 29.8 Å². The predicted octanol–water partition coefficient (Wildman–Crippen LogP) is 3.50. The van der Waals surface area contributed by atoms with Gasteiger partial charge in [0.2, 0.25) is 10.0 Å². The molecule has 0 saturated carbocycles. The minimum atomic E-state index is -3.52. The smallest absolute Gasteiger partial charge is 0.243 e. The van der Waals surface area contributed by atoms with Crippen LogP contribution in [0.15, 0.2) is 63.8 Å². The summed E-state index contributed by atoms with van der Waals surface area (Å²) in [5.41, 5.74) is 4.16. The summed E-state index contributed by atoms with van der Waals surface area (Å²) in [4.78, 5) is 8.64. The molecule has 2 aliphatic heterocycles.